The lowest BCUT2D eigenvalue weighted by molar-refractivity contribution is -0.116. The molecule has 13 heavy (non-hydrogen) atoms. The Kier molecular flexibility index (Phi) is 4.64. The molecule has 0 aromatic carbocycles. The van der Waals surface area contributed by atoms with Crippen LogP contribution in [0.1, 0.15) is 0 Å². The van der Waals surface area contributed by atoms with Gasteiger partial charge in [-0.2, -0.15) is 0 Å². The van der Waals surface area contributed by atoms with Gasteiger partial charge in [0.05, 0.1) is 5.75 Å². The van der Waals surface area contributed by atoms with Crippen molar-refractivity contribution in [1.82, 2.24) is 9.62 Å². The van der Waals surface area contributed by atoms with Gasteiger partial charge < -0.3 is 5.32 Å². The number of carbonyl (C=O) groups is 1. The van der Waals surface area contributed by atoms with Crippen molar-refractivity contribution in [2.75, 3.05) is 26.4 Å². The highest BCUT2D eigenvalue weighted by Gasteiger charge is 2.12. The zero-order valence-electron chi connectivity index (χ0n) is 7.78. The van der Waals surface area contributed by atoms with E-state index in [4.69, 9.17) is 0 Å². The third-order valence-corrected chi connectivity index (χ3v) is 3.23. The van der Waals surface area contributed by atoms with Crippen LogP contribution in [0, 0.1) is 0 Å². The Morgan fingerprint density at radius 2 is 2.08 bits per heavy atom. The predicted molar refractivity (Wildman–Crippen MR) is 50.7 cm³/mol. The maximum absolute atomic E-state index is 11.1. The zero-order valence-corrected chi connectivity index (χ0v) is 8.60. The number of hydrogen-bond acceptors (Lipinski definition) is 3. The van der Waals surface area contributed by atoms with E-state index in [9.17, 15) is 13.2 Å². The van der Waals surface area contributed by atoms with Gasteiger partial charge in [-0.25, -0.2) is 12.7 Å². The number of nitrogens with zero attached hydrogens (tertiary/aromatic N) is 1. The molecule has 0 bridgehead atoms. The minimum Gasteiger partial charge on any atom is -0.351 e. The first-order valence-electron chi connectivity index (χ1n) is 3.70. The lowest BCUT2D eigenvalue weighted by Gasteiger charge is -2.10. The molecule has 0 atom stereocenters. The third-order valence-electron chi connectivity index (χ3n) is 1.40. The molecule has 0 aliphatic rings. The van der Waals surface area contributed by atoms with Gasteiger partial charge in [-0.3, -0.25) is 4.79 Å². The van der Waals surface area contributed by atoms with Crippen molar-refractivity contribution in [2.24, 2.45) is 0 Å². The smallest absolute Gasteiger partial charge is 0.243 e. The van der Waals surface area contributed by atoms with Gasteiger partial charge in [0.15, 0.2) is 0 Å². The molecular formula is C7H14N2O3S. The molecule has 6 heteroatoms. The summed E-state index contributed by atoms with van der Waals surface area (Å²) in [6.45, 7) is 3.34. The summed E-state index contributed by atoms with van der Waals surface area (Å²) in [5, 5.41) is 2.38. The monoisotopic (exact) mass is 206 g/mol. The second-order valence-corrected chi connectivity index (χ2v) is 4.90. The summed E-state index contributed by atoms with van der Waals surface area (Å²) in [6.07, 6.45) is 1.10. The van der Waals surface area contributed by atoms with Crippen LogP contribution in [-0.2, 0) is 14.8 Å². The number of sulfonamides is 1. The van der Waals surface area contributed by atoms with Crippen LogP contribution in [-0.4, -0.2) is 45.0 Å². The predicted octanol–water partition coefficient (Wildman–Crippen LogP) is -0.820. The van der Waals surface area contributed by atoms with E-state index in [2.05, 4.69) is 11.9 Å². The molecule has 0 unspecified atom stereocenters. The summed E-state index contributed by atoms with van der Waals surface area (Å²) >= 11 is 0. The van der Waals surface area contributed by atoms with E-state index >= 15 is 0 Å². The largest absolute Gasteiger partial charge is 0.351 e. The van der Waals surface area contributed by atoms with Crippen LogP contribution in [0.4, 0.5) is 0 Å². The van der Waals surface area contributed by atoms with E-state index in [0.29, 0.717) is 0 Å². The maximum atomic E-state index is 11.1. The Balaban J connectivity index is 3.91. The normalized spacial score (nSPS) is 11.3. The van der Waals surface area contributed by atoms with Crippen LogP contribution >= 0.6 is 0 Å². The van der Waals surface area contributed by atoms with Crippen LogP contribution in [0.2, 0.25) is 0 Å². The Hall–Kier alpha value is -0.880. The van der Waals surface area contributed by atoms with Gasteiger partial charge in [-0.05, 0) is 6.08 Å². The SMILES string of the molecule is C=CC(=O)NCCS(=O)(=O)N(C)C. The molecular weight excluding hydrogens is 192 g/mol. The quantitative estimate of drug-likeness (QED) is 0.598. The first kappa shape index (κ1) is 12.1. The van der Waals surface area contributed by atoms with Crippen molar-refractivity contribution >= 4 is 15.9 Å². The lowest BCUT2D eigenvalue weighted by Crippen LogP contribution is -2.33. The fourth-order valence-electron chi connectivity index (χ4n) is 0.558. The Morgan fingerprint density at radius 1 is 1.54 bits per heavy atom. The summed E-state index contributed by atoms with van der Waals surface area (Å²) in [7, 11) is -0.320. The average molecular weight is 206 g/mol. The fraction of sp³-hybridized carbons (Fsp3) is 0.571. The topological polar surface area (TPSA) is 66.5 Å². The van der Waals surface area contributed by atoms with Gasteiger partial charge >= 0.3 is 0 Å². The summed E-state index contributed by atoms with van der Waals surface area (Å²) in [5.41, 5.74) is 0. The van der Waals surface area contributed by atoms with Gasteiger partial charge in [0.2, 0.25) is 15.9 Å². The average Bonchev–Trinajstić information content (AvgIpc) is 2.03. The highest BCUT2D eigenvalue weighted by Crippen LogP contribution is 1.91. The first-order valence-corrected chi connectivity index (χ1v) is 5.31. The number of hydrogen-bond donors (Lipinski definition) is 1. The van der Waals surface area contributed by atoms with Crippen molar-refractivity contribution in [2.45, 2.75) is 0 Å². The van der Waals surface area contributed by atoms with Crippen LogP contribution in [0.3, 0.4) is 0 Å². The van der Waals surface area contributed by atoms with E-state index in [-0.39, 0.29) is 18.2 Å². The molecule has 0 fully saturated rings. The van der Waals surface area contributed by atoms with Crippen LogP contribution in [0.5, 0.6) is 0 Å². The van der Waals surface area contributed by atoms with E-state index < -0.39 is 10.0 Å². The molecule has 76 valence electrons. The van der Waals surface area contributed by atoms with Gasteiger partial charge in [0.1, 0.15) is 0 Å². The van der Waals surface area contributed by atoms with Crippen LogP contribution < -0.4 is 5.32 Å². The van der Waals surface area contributed by atoms with Crippen molar-refractivity contribution in [3.63, 3.8) is 0 Å². The highest BCUT2D eigenvalue weighted by molar-refractivity contribution is 7.89. The molecule has 0 aromatic rings. The standard InChI is InChI=1S/C7H14N2O3S/c1-4-7(10)8-5-6-13(11,12)9(2)3/h4H,1,5-6H2,2-3H3,(H,8,10). The highest BCUT2D eigenvalue weighted by atomic mass is 32.2. The number of rotatable bonds is 5. The maximum Gasteiger partial charge on any atom is 0.243 e. The molecule has 5 nitrogen and oxygen atoms in total. The fourth-order valence-corrected chi connectivity index (χ4v) is 1.28. The molecule has 1 amide bonds. The molecule has 0 radical (unpaired) electrons. The second kappa shape index (κ2) is 4.98. The molecule has 0 spiro atoms. The number of carbonyl (C=O) groups excluding carboxylic acids is 1. The van der Waals surface area contributed by atoms with Crippen LogP contribution in [0.15, 0.2) is 12.7 Å². The van der Waals surface area contributed by atoms with E-state index in [0.717, 1.165) is 10.4 Å². The first-order chi connectivity index (χ1) is 5.90. The second-order valence-electron chi connectivity index (χ2n) is 2.59. The molecule has 0 aromatic heterocycles. The Morgan fingerprint density at radius 3 is 2.46 bits per heavy atom. The van der Waals surface area contributed by atoms with E-state index in [1.54, 1.807) is 0 Å². The Bertz CT molecular complexity index is 282. The van der Waals surface area contributed by atoms with Gasteiger partial charge in [-0.15, -0.1) is 0 Å². The number of amides is 1. The molecule has 0 saturated carbocycles. The van der Waals surface area contributed by atoms with Crippen molar-refractivity contribution in [3.8, 4) is 0 Å². The minimum absolute atomic E-state index is 0.0976. The van der Waals surface area contributed by atoms with Gasteiger partial charge in [-0.1, -0.05) is 6.58 Å². The van der Waals surface area contributed by atoms with Crippen LogP contribution in [0.25, 0.3) is 0 Å². The summed E-state index contributed by atoms with van der Waals surface area (Å²) in [5.74, 6) is -0.464. The number of nitrogens with one attached hydrogen (secondary N) is 1. The van der Waals surface area contributed by atoms with Gasteiger partial charge in [0, 0.05) is 20.6 Å². The molecule has 0 heterocycles. The third kappa shape index (κ3) is 4.64. The molecule has 0 saturated heterocycles. The molecule has 0 rings (SSSR count). The van der Waals surface area contributed by atoms with Gasteiger partial charge in [0.25, 0.3) is 0 Å². The van der Waals surface area contributed by atoms with E-state index in [1.165, 1.54) is 14.1 Å². The molecule has 1 N–H and O–H groups in total. The summed E-state index contributed by atoms with van der Waals surface area (Å²) < 4.78 is 23.4. The van der Waals surface area contributed by atoms with E-state index in [1.807, 2.05) is 0 Å². The van der Waals surface area contributed by atoms with Crippen molar-refractivity contribution < 1.29 is 13.2 Å². The molecule has 0 aliphatic carbocycles. The summed E-state index contributed by atoms with van der Waals surface area (Å²) in [4.78, 5) is 10.6. The van der Waals surface area contributed by atoms with Crippen molar-refractivity contribution in [1.29, 1.82) is 0 Å². The van der Waals surface area contributed by atoms with Crippen molar-refractivity contribution in [3.05, 3.63) is 12.7 Å². The lowest BCUT2D eigenvalue weighted by atomic mass is 10.6. The Labute approximate surface area is 78.5 Å². The zero-order chi connectivity index (χ0) is 10.5. The minimum atomic E-state index is -3.22. The molecule has 0 aliphatic heterocycles. The summed E-state index contributed by atoms with van der Waals surface area (Å²) in [6, 6.07) is 0.